The van der Waals surface area contributed by atoms with Crippen LogP contribution in [0.2, 0.25) is 0 Å². The first-order chi connectivity index (χ1) is 7.26. The zero-order chi connectivity index (χ0) is 10.7. The Kier molecular flexibility index (Phi) is 3.10. The summed E-state index contributed by atoms with van der Waals surface area (Å²) >= 11 is 0. The predicted molar refractivity (Wildman–Crippen MR) is 58.5 cm³/mol. The Morgan fingerprint density at radius 2 is 2.13 bits per heavy atom. The van der Waals surface area contributed by atoms with Crippen molar-refractivity contribution in [3.05, 3.63) is 12.7 Å². The van der Waals surface area contributed by atoms with Gasteiger partial charge in [0, 0.05) is 18.5 Å². The fraction of sp³-hybridized carbons (Fsp3) is 0.750. The third kappa shape index (κ3) is 2.23. The van der Waals surface area contributed by atoms with E-state index in [0.717, 1.165) is 13.2 Å². The fourth-order valence-electron chi connectivity index (χ4n) is 2.74. The van der Waals surface area contributed by atoms with Crippen molar-refractivity contribution in [2.45, 2.75) is 25.7 Å². The number of carbonyl (C=O) groups excluding carboxylic acids is 1. The number of ether oxygens (including phenoxy) is 1. The molecule has 3 nitrogen and oxygen atoms in total. The summed E-state index contributed by atoms with van der Waals surface area (Å²) in [6, 6.07) is 0. The molecule has 3 heteroatoms. The quantitative estimate of drug-likeness (QED) is 0.614. The molecule has 2 fully saturated rings. The van der Waals surface area contributed by atoms with Crippen LogP contribution in [0.3, 0.4) is 0 Å². The van der Waals surface area contributed by atoms with Gasteiger partial charge in [-0.15, -0.1) is 0 Å². The first-order valence-corrected chi connectivity index (χ1v) is 5.75. The van der Waals surface area contributed by atoms with Crippen molar-refractivity contribution >= 4 is 5.91 Å². The fourth-order valence-corrected chi connectivity index (χ4v) is 2.74. The summed E-state index contributed by atoms with van der Waals surface area (Å²) in [5.41, 5.74) is 0.245. The monoisotopic (exact) mass is 209 g/mol. The molecule has 1 aliphatic carbocycles. The molecule has 2 aliphatic rings. The summed E-state index contributed by atoms with van der Waals surface area (Å²) < 4.78 is 5.63. The Labute approximate surface area is 91.1 Å². The van der Waals surface area contributed by atoms with Crippen molar-refractivity contribution in [3.63, 3.8) is 0 Å². The maximum atomic E-state index is 11.6. The molecule has 1 saturated carbocycles. The molecule has 0 unspecified atom stereocenters. The van der Waals surface area contributed by atoms with Crippen molar-refractivity contribution in [2.75, 3.05) is 26.3 Å². The van der Waals surface area contributed by atoms with Crippen LogP contribution in [0, 0.1) is 5.41 Å². The molecule has 0 aromatic rings. The standard InChI is InChI=1S/C12H19NO2/c1-2-11(14)13-7-8-15-10-12(9-13)5-3-4-6-12/h2H,1,3-10H2. The Morgan fingerprint density at radius 3 is 2.80 bits per heavy atom. The van der Waals surface area contributed by atoms with Crippen LogP contribution in [0.25, 0.3) is 0 Å². The van der Waals surface area contributed by atoms with E-state index >= 15 is 0 Å². The average molecular weight is 209 g/mol. The third-order valence-electron chi connectivity index (χ3n) is 3.59. The maximum Gasteiger partial charge on any atom is 0.246 e. The summed E-state index contributed by atoms with van der Waals surface area (Å²) in [6.07, 6.45) is 6.37. The molecule has 15 heavy (non-hydrogen) atoms. The van der Waals surface area contributed by atoms with E-state index in [9.17, 15) is 4.79 Å². The van der Waals surface area contributed by atoms with Gasteiger partial charge in [-0.1, -0.05) is 19.4 Å². The second kappa shape index (κ2) is 4.35. The van der Waals surface area contributed by atoms with Gasteiger partial charge in [0.2, 0.25) is 5.91 Å². The molecule has 0 aromatic heterocycles. The van der Waals surface area contributed by atoms with Crippen LogP contribution in [0.4, 0.5) is 0 Å². The lowest BCUT2D eigenvalue weighted by Crippen LogP contribution is -2.39. The van der Waals surface area contributed by atoms with Gasteiger partial charge in [0.05, 0.1) is 13.2 Å². The van der Waals surface area contributed by atoms with Gasteiger partial charge in [-0.05, 0) is 18.9 Å². The zero-order valence-corrected chi connectivity index (χ0v) is 9.21. The summed E-state index contributed by atoms with van der Waals surface area (Å²) in [4.78, 5) is 13.5. The van der Waals surface area contributed by atoms with E-state index in [1.807, 2.05) is 4.90 Å². The van der Waals surface area contributed by atoms with Crippen LogP contribution in [0.15, 0.2) is 12.7 Å². The normalized spacial score (nSPS) is 25.2. The van der Waals surface area contributed by atoms with Gasteiger partial charge in [0.15, 0.2) is 0 Å². The van der Waals surface area contributed by atoms with Crippen LogP contribution in [0.1, 0.15) is 25.7 Å². The molecule has 2 rings (SSSR count). The van der Waals surface area contributed by atoms with Gasteiger partial charge in [0.25, 0.3) is 0 Å². The average Bonchev–Trinajstić information content (AvgIpc) is 2.59. The third-order valence-corrected chi connectivity index (χ3v) is 3.59. The number of hydrogen-bond acceptors (Lipinski definition) is 2. The lowest BCUT2D eigenvalue weighted by molar-refractivity contribution is -0.127. The molecule has 1 spiro atoms. The van der Waals surface area contributed by atoms with Gasteiger partial charge < -0.3 is 9.64 Å². The number of rotatable bonds is 1. The lowest BCUT2D eigenvalue weighted by atomic mass is 9.87. The molecular formula is C12H19NO2. The first kappa shape index (κ1) is 10.7. The summed E-state index contributed by atoms with van der Waals surface area (Å²) in [7, 11) is 0. The van der Waals surface area contributed by atoms with E-state index in [-0.39, 0.29) is 11.3 Å². The molecule has 84 valence electrons. The van der Waals surface area contributed by atoms with Crippen molar-refractivity contribution in [3.8, 4) is 0 Å². The summed E-state index contributed by atoms with van der Waals surface area (Å²) in [5.74, 6) is 0.0479. The molecule has 0 bridgehead atoms. The minimum Gasteiger partial charge on any atom is -0.379 e. The lowest BCUT2D eigenvalue weighted by Gasteiger charge is -2.31. The van der Waals surface area contributed by atoms with Crippen LogP contribution in [-0.4, -0.2) is 37.1 Å². The van der Waals surface area contributed by atoms with Crippen molar-refractivity contribution in [1.29, 1.82) is 0 Å². The summed E-state index contributed by atoms with van der Waals surface area (Å²) in [6.45, 7) is 6.62. The highest BCUT2D eigenvalue weighted by atomic mass is 16.5. The maximum absolute atomic E-state index is 11.6. The second-order valence-electron chi connectivity index (χ2n) is 4.72. The van der Waals surface area contributed by atoms with Crippen LogP contribution < -0.4 is 0 Å². The van der Waals surface area contributed by atoms with E-state index in [0.29, 0.717) is 13.2 Å². The van der Waals surface area contributed by atoms with Gasteiger partial charge in [-0.3, -0.25) is 4.79 Å². The smallest absolute Gasteiger partial charge is 0.246 e. The molecule has 1 aliphatic heterocycles. The molecule has 1 saturated heterocycles. The van der Waals surface area contributed by atoms with Crippen molar-refractivity contribution < 1.29 is 9.53 Å². The van der Waals surface area contributed by atoms with Crippen molar-refractivity contribution in [1.82, 2.24) is 4.90 Å². The molecule has 0 aromatic carbocycles. The zero-order valence-electron chi connectivity index (χ0n) is 9.21. The molecule has 0 radical (unpaired) electrons. The van der Waals surface area contributed by atoms with Crippen molar-refractivity contribution in [2.24, 2.45) is 5.41 Å². The van der Waals surface area contributed by atoms with Gasteiger partial charge in [0.1, 0.15) is 0 Å². The van der Waals surface area contributed by atoms with Crippen LogP contribution in [-0.2, 0) is 9.53 Å². The van der Waals surface area contributed by atoms with Gasteiger partial charge in [-0.2, -0.15) is 0 Å². The Bertz CT molecular complexity index is 256. The highest BCUT2D eigenvalue weighted by Gasteiger charge is 2.38. The Morgan fingerprint density at radius 1 is 1.40 bits per heavy atom. The molecule has 1 amide bonds. The van der Waals surface area contributed by atoms with E-state index in [1.54, 1.807) is 0 Å². The van der Waals surface area contributed by atoms with E-state index < -0.39 is 0 Å². The predicted octanol–water partition coefficient (Wildman–Crippen LogP) is 1.59. The minimum absolute atomic E-state index is 0.0479. The number of carbonyl (C=O) groups is 1. The highest BCUT2D eigenvalue weighted by molar-refractivity contribution is 5.87. The number of amides is 1. The Balaban J connectivity index is 2.07. The molecule has 0 N–H and O–H groups in total. The number of hydrogen-bond donors (Lipinski definition) is 0. The molecule has 0 atom stereocenters. The molecule has 1 heterocycles. The van der Waals surface area contributed by atoms with Crippen LogP contribution >= 0.6 is 0 Å². The number of nitrogens with zero attached hydrogens (tertiary/aromatic N) is 1. The van der Waals surface area contributed by atoms with E-state index in [1.165, 1.54) is 31.8 Å². The Hall–Kier alpha value is -0.830. The first-order valence-electron chi connectivity index (χ1n) is 5.75. The molecular weight excluding hydrogens is 190 g/mol. The van der Waals surface area contributed by atoms with E-state index in [4.69, 9.17) is 4.74 Å². The summed E-state index contributed by atoms with van der Waals surface area (Å²) in [5, 5.41) is 0. The SMILES string of the molecule is C=CC(=O)N1CCOCC2(CCCC2)C1. The van der Waals surface area contributed by atoms with Crippen LogP contribution in [0.5, 0.6) is 0 Å². The minimum atomic E-state index is 0.0479. The topological polar surface area (TPSA) is 29.5 Å². The van der Waals surface area contributed by atoms with E-state index in [2.05, 4.69) is 6.58 Å². The largest absolute Gasteiger partial charge is 0.379 e. The van der Waals surface area contributed by atoms with Gasteiger partial charge >= 0.3 is 0 Å². The van der Waals surface area contributed by atoms with Gasteiger partial charge in [-0.25, -0.2) is 0 Å². The second-order valence-corrected chi connectivity index (χ2v) is 4.72. The highest BCUT2D eigenvalue weighted by Crippen LogP contribution is 2.39.